The number of benzene rings is 1. The molecular formula is C11H8Cl2O3. The van der Waals surface area contributed by atoms with Crippen LogP contribution in [0.15, 0.2) is 24.3 Å². The SMILES string of the molecule is COC(=O)C(=O)/C=C/c1ccc(Cl)cc1Cl. The van der Waals surface area contributed by atoms with Crippen LogP contribution in [0.25, 0.3) is 6.08 Å². The molecule has 0 bridgehead atoms. The molecule has 0 spiro atoms. The second kappa shape index (κ2) is 5.68. The molecule has 0 aliphatic heterocycles. The van der Waals surface area contributed by atoms with E-state index >= 15 is 0 Å². The lowest BCUT2D eigenvalue weighted by Gasteiger charge is -1.98. The van der Waals surface area contributed by atoms with E-state index < -0.39 is 11.8 Å². The third kappa shape index (κ3) is 3.36. The van der Waals surface area contributed by atoms with Crippen molar-refractivity contribution in [3.63, 3.8) is 0 Å². The molecule has 0 unspecified atom stereocenters. The first-order valence-corrected chi connectivity index (χ1v) is 5.05. The molecule has 0 aliphatic rings. The first kappa shape index (κ1) is 12.7. The number of hydrogen-bond donors (Lipinski definition) is 0. The molecule has 0 fully saturated rings. The van der Waals surface area contributed by atoms with Gasteiger partial charge in [0.05, 0.1) is 7.11 Å². The first-order valence-electron chi connectivity index (χ1n) is 4.30. The molecule has 0 saturated carbocycles. The summed E-state index contributed by atoms with van der Waals surface area (Å²) in [6.45, 7) is 0. The first-order chi connectivity index (χ1) is 7.54. The fraction of sp³-hybridized carbons (Fsp3) is 0.0909. The van der Waals surface area contributed by atoms with Crippen LogP contribution in [-0.2, 0) is 14.3 Å². The Morgan fingerprint density at radius 2 is 2.00 bits per heavy atom. The molecule has 1 aromatic rings. The van der Waals surface area contributed by atoms with E-state index in [0.717, 1.165) is 13.2 Å². The molecule has 84 valence electrons. The monoisotopic (exact) mass is 258 g/mol. The summed E-state index contributed by atoms with van der Waals surface area (Å²) in [5.41, 5.74) is 0.600. The lowest BCUT2D eigenvalue weighted by molar-refractivity contribution is -0.149. The maximum Gasteiger partial charge on any atom is 0.378 e. The van der Waals surface area contributed by atoms with E-state index in [4.69, 9.17) is 23.2 Å². The fourth-order valence-electron chi connectivity index (χ4n) is 0.971. The van der Waals surface area contributed by atoms with Crippen LogP contribution in [0.5, 0.6) is 0 Å². The van der Waals surface area contributed by atoms with Crippen LogP contribution in [0.2, 0.25) is 10.0 Å². The topological polar surface area (TPSA) is 43.4 Å². The Hall–Kier alpha value is -1.32. The van der Waals surface area contributed by atoms with E-state index in [1.54, 1.807) is 18.2 Å². The summed E-state index contributed by atoms with van der Waals surface area (Å²) in [5, 5.41) is 0.905. The van der Waals surface area contributed by atoms with Gasteiger partial charge in [-0.15, -0.1) is 0 Å². The van der Waals surface area contributed by atoms with Crippen molar-refractivity contribution < 1.29 is 14.3 Å². The van der Waals surface area contributed by atoms with Crippen molar-refractivity contribution in [2.45, 2.75) is 0 Å². The number of carbonyl (C=O) groups excluding carboxylic acids is 2. The number of rotatable bonds is 3. The number of methoxy groups -OCH3 is 1. The predicted octanol–water partition coefficient (Wildman–Crippen LogP) is 2.75. The summed E-state index contributed by atoms with van der Waals surface area (Å²) >= 11 is 11.6. The molecule has 0 amide bonds. The van der Waals surface area contributed by atoms with Crippen molar-refractivity contribution in [2.24, 2.45) is 0 Å². The summed E-state index contributed by atoms with van der Waals surface area (Å²) in [6, 6.07) is 4.83. The maximum absolute atomic E-state index is 11.1. The number of carbonyl (C=O) groups is 2. The average molecular weight is 259 g/mol. The molecule has 5 heteroatoms. The van der Waals surface area contributed by atoms with Gasteiger partial charge < -0.3 is 4.74 Å². The lowest BCUT2D eigenvalue weighted by Crippen LogP contribution is -2.12. The maximum atomic E-state index is 11.1. The summed E-state index contributed by atoms with van der Waals surface area (Å²) in [7, 11) is 1.14. The molecular weight excluding hydrogens is 251 g/mol. The smallest absolute Gasteiger partial charge is 0.378 e. The second-order valence-corrected chi connectivity index (χ2v) is 3.70. The third-order valence-electron chi connectivity index (χ3n) is 1.76. The zero-order valence-corrected chi connectivity index (χ0v) is 9.88. The van der Waals surface area contributed by atoms with E-state index in [2.05, 4.69) is 4.74 Å². The standard InChI is InChI=1S/C11H8Cl2O3/c1-16-11(15)10(14)5-3-7-2-4-8(12)6-9(7)13/h2-6H,1H3/b5-3+. The van der Waals surface area contributed by atoms with Gasteiger partial charge in [0.2, 0.25) is 0 Å². The van der Waals surface area contributed by atoms with Gasteiger partial charge >= 0.3 is 5.97 Å². The summed E-state index contributed by atoms with van der Waals surface area (Å²) in [5.74, 6) is -1.66. The molecule has 0 atom stereocenters. The van der Waals surface area contributed by atoms with E-state index in [1.807, 2.05) is 0 Å². The van der Waals surface area contributed by atoms with Crippen molar-refractivity contribution in [3.8, 4) is 0 Å². The zero-order chi connectivity index (χ0) is 12.1. The van der Waals surface area contributed by atoms with Crippen LogP contribution in [-0.4, -0.2) is 18.9 Å². The van der Waals surface area contributed by atoms with Gasteiger partial charge in [0.1, 0.15) is 0 Å². The van der Waals surface area contributed by atoms with E-state index in [-0.39, 0.29) is 0 Å². The predicted molar refractivity (Wildman–Crippen MR) is 62.5 cm³/mol. The largest absolute Gasteiger partial charge is 0.463 e. The third-order valence-corrected chi connectivity index (χ3v) is 2.33. The Morgan fingerprint density at radius 3 is 2.56 bits per heavy atom. The van der Waals surface area contributed by atoms with Crippen LogP contribution in [0.4, 0.5) is 0 Å². The highest BCUT2D eigenvalue weighted by Gasteiger charge is 2.09. The molecule has 0 saturated heterocycles. The molecule has 0 aliphatic carbocycles. The minimum atomic E-state index is -0.915. The van der Waals surface area contributed by atoms with Gasteiger partial charge in [0.25, 0.3) is 5.78 Å². The van der Waals surface area contributed by atoms with E-state index in [0.29, 0.717) is 15.6 Å². The molecule has 3 nitrogen and oxygen atoms in total. The quantitative estimate of drug-likeness (QED) is 0.476. The molecule has 0 heterocycles. The van der Waals surface area contributed by atoms with Gasteiger partial charge in [-0.2, -0.15) is 0 Å². The molecule has 1 aromatic carbocycles. The number of halogens is 2. The summed E-state index contributed by atoms with van der Waals surface area (Å²) < 4.78 is 4.26. The Bertz CT molecular complexity index is 453. The van der Waals surface area contributed by atoms with Gasteiger partial charge in [-0.3, -0.25) is 4.79 Å². The van der Waals surface area contributed by atoms with Crippen molar-refractivity contribution >= 4 is 41.0 Å². The highest BCUT2D eigenvalue weighted by molar-refractivity contribution is 6.39. The Kier molecular flexibility index (Phi) is 4.52. The van der Waals surface area contributed by atoms with Gasteiger partial charge in [-0.25, -0.2) is 4.79 Å². The minimum absolute atomic E-state index is 0.404. The van der Waals surface area contributed by atoms with Gasteiger partial charge in [0, 0.05) is 10.0 Å². The van der Waals surface area contributed by atoms with Crippen molar-refractivity contribution in [1.29, 1.82) is 0 Å². The van der Waals surface area contributed by atoms with Gasteiger partial charge in [0.15, 0.2) is 0 Å². The Labute approximate surface area is 103 Å². The van der Waals surface area contributed by atoms with E-state index in [9.17, 15) is 9.59 Å². The van der Waals surface area contributed by atoms with Crippen LogP contribution in [0, 0.1) is 0 Å². The summed E-state index contributed by atoms with van der Waals surface area (Å²) in [4.78, 5) is 21.9. The molecule has 1 rings (SSSR count). The van der Waals surface area contributed by atoms with E-state index in [1.165, 1.54) is 6.08 Å². The fourth-order valence-corrected chi connectivity index (χ4v) is 1.44. The Balaban J connectivity index is 2.84. The van der Waals surface area contributed by atoms with Crippen molar-refractivity contribution in [2.75, 3.05) is 7.11 Å². The second-order valence-electron chi connectivity index (χ2n) is 2.86. The van der Waals surface area contributed by atoms with Crippen LogP contribution < -0.4 is 0 Å². The van der Waals surface area contributed by atoms with Gasteiger partial charge in [-0.1, -0.05) is 29.3 Å². The highest BCUT2D eigenvalue weighted by Crippen LogP contribution is 2.21. The number of esters is 1. The normalized spacial score (nSPS) is 10.4. The molecule has 16 heavy (non-hydrogen) atoms. The summed E-state index contributed by atoms with van der Waals surface area (Å²) in [6.07, 6.45) is 2.53. The van der Waals surface area contributed by atoms with Crippen LogP contribution >= 0.6 is 23.2 Å². The lowest BCUT2D eigenvalue weighted by atomic mass is 10.2. The van der Waals surface area contributed by atoms with Gasteiger partial charge in [-0.05, 0) is 29.8 Å². The number of ketones is 1. The molecule has 0 N–H and O–H groups in total. The minimum Gasteiger partial charge on any atom is -0.463 e. The Morgan fingerprint density at radius 1 is 1.31 bits per heavy atom. The molecule has 0 aromatic heterocycles. The number of ether oxygens (including phenoxy) is 1. The number of hydrogen-bond acceptors (Lipinski definition) is 3. The molecule has 0 radical (unpaired) electrons. The highest BCUT2D eigenvalue weighted by atomic mass is 35.5. The van der Waals surface area contributed by atoms with Crippen LogP contribution in [0.1, 0.15) is 5.56 Å². The van der Waals surface area contributed by atoms with Crippen LogP contribution in [0.3, 0.4) is 0 Å². The van der Waals surface area contributed by atoms with Crippen molar-refractivity contribution in [1.82, 2.24) is 0 Å². The average Bonchev–Trinajstić information content (AvgIpc) is 2.26. The van der Waals surface area contributed by atoms with Crippen molar-refractivity contribution in [3.05, 3.63) is 39.9 Å². The zero-order valence-electron chi connectivity index (χ0n) is 8.37.